The summed E-state index contributed by atoms with van der Waals surface area (Å²) in [6.45, 7) is 1.99. The molecule has 0 amide bonds. The number of hydrogen-bond acceptors (Lipinski definition) is 3. The number of rotatable bonds is 2. The van der Waals surface area contributed by atoms with Crippen LogP contribution in [0.1, 0.15) is 43.1 Å². The molecule has 1 atom stereocenters. The molecule has 0 saturated heterocycles. The molecule has 2 N–H and O–H groups in total. The van der Waals surface area contributed by atoms with Gasteiger partial charge < -0.3 is 10.3 Å². The molecule has 1 unspecified atom stereocenters. The number of nitrogens with zero attached hydrogens (tertiary/aromatic N) is 3. The van der Waals surface area contributed by atoms with Crippen LogP contribution in [0.25, 0.3) is 11.2 Å². The zero-order valence-corrected chi connectivity index (χ0v) is 9.64. The van der Waals surface area contributed by atoms with Crippen LogP contribution in [-0.2, 0) is 7.05 Å². The summed E-state index contributed by atoms with van der Waals surface area (Å²) in [6.07, 6.45) is 4.33. The van der Waals surface area contributed by atoms with Gasteiger partial charge in [-0.05, 0) is 31.4 Å². The zero-order valence-electron chi connectivity index (χ0n) is 9.64. The molecule has 2 heterocycles. The second-order valence-electron chi connectivity index (χ2n) is 4.66. The monoisotopic (exact) mass is 216 g/mol. The summed E-state index contributed by atoms with van der Waals surface area (Å²) in [5, 5.41) is 0. The Morgan fingerprint density at radius 3 is 2.88 bits per heavy atom. The third kappa shape index (κ3) is 1.33. The lowest BCUT2D eigenvalue weighted by Gasteiger charge is -2.05. The van der Waals surface area contributed by atoms with Crippen LogP contribution in [0.5, 0.6) is 0 Å². The van der Waals surface area contributed by atoms with Crippen LogP contribution in [0.15, 0.2) is 12.3 Å². The Labute approximate surface area is 94.5 Å². The minimum absolute atomic E-state index is 0.00690. The van der Waals surface area contributed by atoms with Gasteiger partial charge in [-0.15, -0.1) is 0 Å². The van der Waals surface area contributed by atoms with Gasteiger partial charge in [0.15, 0.2) is 5.65 Å². The van der Waals surface area contributed by atoms with Gasteiger partial charge in [-0.2, -0.15) is 0 Å². The minimum atomic E-state index is 0.00690. The predicted octanol–water partition coefficient (Wildman–Crippen LogP) is 1.87. The fraction of sp³-hybridized carbons (Fsp3) is 0.500. The molecule has 4 nitrogen and oxygen atoms in total. The number of imidazole rings is 1. The standard InChI is InChI=1S/C12H16N4/c1-7(13)9-5-6-14-12-10(9)15-11(16(12)2)8-3-4-8/h5-8H,3-4,13H2,1-2H3. The van der Waals surface area contributed by atoms with Crippen LogP contribution in [-0.4, -0.2) is 14.5 Å². The molecule has 84 valence electrons. The summed E-state index contributed by atoms with van der Waals surface area (Å²) >= 11 is 0. The van der Waals surface area contributed by atoms with Crippen LogP contribution in [0, 0.1) is 0 Å². The van der Waals surface area contributed by atoms with Gasteiger partial charge in [-0.25, -0.2) is 9.97 Å². The van der Waals surface area contributed by atoms with Crippen LogP contribution < -0.4 is 5.73 Å². The number of aromatic nitrogens is 3. The molecule has 1 aliphatic rings. The smallest absolute Gasteiger partial charge is 0.160 e. The van der Waals surface area contributed by atoms with Crippen molar-refractivity contribution < 1.29 is 0 Å². The van der Waals surface area contributed by atoms with E-state index in [1.807, 2.05) is 26.2 Å². The highest BCUT2D eigenvalue weighted by molar-refractivity contribution is 5.76. The van der Waals surface area contributed by atoms with E-state index in [0.717, 1.165) is 22.6 Å². The van der Waals surface area contributed by atoms with E-state index in [0.29, 0.717) is 5.92 Å². The average Bonchev–Trinajstić information content (AvgIpc) is 3.04. The van der Waals surface area contributed by atoms with Crippen LogP contribution >= 0.6 is 0 Å². The van der Waals surface area contributed by atoms with E-state index in [9.17, 15) is 0 Å². The Morgan fingerprint density at radius 2 is 2.25 bits per heavy atom. The van der Waals surface area contributed by atoms with Crippen molar-refractivity contribution in [1.29, 1.82) is 0 Å². The number of fused-ring (bicyclic) bond motifs is 1. The summed E-state index contributed by atoms with van der Waals surface area (Å²) in [7, 11) is 2.04. The summed E-state index contributed by atoms with van der Waals surface area (Å²) in [5.74, 6) is 1.80. The van der Waals surface area contributed by atoms with E-state index in [1.165, 1.54) is 12.8 Å². The van der Waals surface area contributed by atoms with Crippen molar-refractivity contribution in [2.45, 2.75) is 31.7 Å². The Balaban J connectivity index is 2.27. The molecule has 1 aliphatic carbocycles. The first-order valence-corrected chi connectivity index (χ1v) is 5.75. The van der Waals surface area contributed by atoms with Gasteiger partial charge in [0.05, 0.1) is 0 Å². The maximum atomic E-state index is 5.95. The Hall–Kier alpha value is -1.42. The molecular formula is C12H16N4. The second-order valence-corrected chi connectivity index (χ2v) is 4.66. The molecule has 0 radical (unpaired) electrons. The van der Waals surface area contributed by atoms with E-state index in [1.54, 1.807) is 0 Å². The van der Waals surface area contributed by atoms with Crippen molar-refractivity contribution in [3.05, 3.63) is 23.7 Å². The number of pyridine rings is 1. The van der Waals surface area contributed by atoms with Crippen LogP contribution in [0.4, 0.5) is 0 Å². The van der Waals surface area contributed by atoms with Crippen molar-refractivity contribution >= 4 is 11.2 Å². The Morgan fingerprint density at radius 1 is 1.50 bits per heavy atom. The fourth-order valence-corrected chi connectivity index (χ4v) is 2.19. The topological polar surface area (TPSA) is 56.7 Å². The van der Waals surface area contributed by atoms with Gasteiger partial charge >= 0.3 is 0 Å². The lowest BCUT2D eigenvalue weighted by Crippen LogP contribution is -2.06. The highest BCUT2D eigenvalue weighted by Gasteiger charge is 2.29. The van der Waals surface area contributed by atoms with Gasteiger partial charge in [0.25, 0.3) is 0 Å². The molecule has 1 fully saturated rings. The molecule has 0 spiro atoms. The Bertz CT molecular complexity index is 537. The average molecular weight is 216 g/mol. The van der Waals surface area contributed by atoms with Gasteiger partial charge in [0, 0.05) is 25.2 Å². The molecule has 0 aliphatic heterocycles. The van der Waals surface area contributed by atoms with E-state index >= 15 is 0 Å². The first-order chi connectivity index (χ1) is 7.68. The number of aryl methyl sites for hydroxylation is 1. The summed E-state index contributed by atoms with van der Waals surface area (Å²) in [6, 6.07) is 1.98. The fourth-order valence-electron chi connectivity index (χ4n) is 2.19. The number of nitrogens with two attached hydrogens (primary N) is 1. The predicted molar refractivity (Wildman–Crippen MR) is 63.1 cm³/mol. The molecule has 0 aromatic carbocycles. The largest absolute Gasteiger partial charge is 0.324 e. The molecule has 16 heavy (non-hydrogen) atoms. The minimum Gasteiger partial charge on any atom is -0.324 e. The highest BCUT2D eigenvalue weighted by atomic mass is 15.1. The normalized spacial score (nSPS) is 17.9. The maximum Gasteiger partial charge on any atom is 0.160 e. The van der Waals surface area contributed by atoms with E-state index in [-0.39, 0.29) is 6.04 Å². The first kappa shape index (κ1) is 9.78. The van der Waals surface area contributed by atoms with Crippen molar-refractivity contribution in [3.63, 3.8) is 0 Å². The molecular weight excluding hydrogens is 200 g/mol. The first-order valence-electron chi connectivity index (χ1n) is 5.75. The second kappa shape index (κ2) is 3.28. The molecule has 4 heteroatoms. The third-order valence-corrected chi connectivity index (χ3v) is 3.26. The maximum absolute atomic E-state index is 5.95. The van der Waals surface area contributed by atoms with Crippen molar-refractivity contribution in [2.24, 2.45) is 12.8 Å². The third-order valence-electron chi connectivity index (χ3n) is 3.26. The SMILES string of the molecule is CC(N)c1ccnc2c1nc(C1CC1)n2C. The molecule has 0 bridgehead atoms. The lowest BCUT2D eigenvalue weighted by molar-refractivity contribution is 0.812. The van der Waals surface area contributed by atoms with E-state index in [2.05, 4.69) is 9.55 Å². The molecule has 3 rings (SSSR count). The van der Waals surface area contributed by atoms with Gasteiger partial charge in [0.2, 0.25) is 0 Å². The summed E-state index contributed by atoms with van der Waals surface area (Å²) in [4.78, 5) is 9.12. The summed E-state index contributed by atoms with van der Waals surface area (Å²) in [5.41, 5.74) is 8.97. The van der Waals surface area contributed by atoms with Crippen LogP contribution in [0.3, 0.4) is 0 Å². The van der Waals surface area contributed by atoms with Gasteiger partial charge in [-0.3, -0.25) is 0 Å². The van der Waals surface area contributed by atoms with Crippen molar-refractivity contribution in [1.82, 2.24) is 14.5 Å². The zero-order chi connectivity index (χ0) is 11.3. The summed E-state index contributed by atoms with van der Waals surface area (Å²) < 4.78 is 2.11. The van der Waals surface area contributed by atoms with Gasteiger partial charge in [-0.1, -0.05) is 0 Å². The van der Waals surface area contributed by atoms with Crippen molar-refractivity contribution in [3.8, 4) is 0 Å². The Kier molecular flexibility index (Phi) is 2.01. The molecule has 2 aromatic heterocycles. The highest BCUT2D eigenvalue weighted by Crippen LogP contribution is 2.40. The molecule has 2 aromatic rings. The lowest BCUT2D eigenvalue weighted by atomic mass is 10.1. The van der Waals surface area contributed by atoms with Crippen LogP contribution in [0.2, 0.25) is 0 Å². The number of hydrogen-bond donors (Lipinski definition) is 1. The van der Waals surface area contributed by atoms with Crippen molar-refractivity contribution in [2.75, 3.05) is 0 Å². The quantitative estimate of drug-likeness (QED) is 0.833. The van der Waals surface area contributed by atoms with E-state index < -0.39 is 0 Å². The van der Waals surface area contributed by atoms with Gasteiger partial charge in [0.1, 0.15) is 11.3 Å². The molecule has 1 saturated carbocycles. The van der Waals surface area contributed by atoms with E-state index in [4.69, 9.17) is 10.7 Å².